The lowest BCUT2D eigenvalue weighted by Gasteiger charge is -2.18. The van der Waals surface area contributed by atoms with Crippen molar-refractivity contribution in [3.63, 3.8) is 0 Å². The quantitative estimate of drug-likeness (QED) is 0.384. The van der Waals surface area contributed by atoms with Crippen LogP contribution in [0.25, 0.3) is 0 Å². The highest BCUT2D eigenvalue weighted by Crippen LogP contribution is 2.16. The molecule has 2 N–H and O–H groups in total. The average Bonchev–Trinajstić information content (AvgIpc) is 2.74. The Morgan fingerprint density at radius 1 is 0.929 bits per heavy atom. The van der Waals surface area contributed by atoms with Crippen molar-refractivity contribution in [3.05, 3.63) is 101 Å². The third-order valence-electron chi connectivity index (χ3n) is 3.71. The molecular weight excluding hydrogens is 358 g/mol. The van der Waals surface area contributed by atoms with E-state index in [9.17, 15) is 14.9 Å². The van der Waals surface area contributed by atoms with Crippen molar-refractivity contribution in [2.45, 2.75) is 0 Å². The Balaban J connectivity index is 1.73. The molecule has 0 aliphatic heterocycles. The number of hydrogen-bond acceptors (Lipinski definition) is 5. The van der Waals surface area contributed by atoms with Crippen LogP contribution in [0.15, 0.2) is 90.0 Å². The van der Waals surface area contributed by atoms with Crippen molar-refractivity contribution < 1.29 is 9.72 Å². The van der Waals surface area contributed by atoms with Gasteiger partial charge >= 0.3 is 6.03 Å². The summed E-state index contributed by atoms with van der Waals surface area (Å²) in [6, 6.07) is 23.5. The molecule has 0 aliphatic carbocycles. The molecule has 0 radical (unpaired) electrons. The molecule has 8 heteroatoms. The van der Waals surface area contributed by atoms with E-state index in [1.807, 2.05) is 36.4 Å². The van der Waals surface area contributed by atoms with E-state index in [0.717, 1.165) is 5.56 Å². The fraction of sp³-hybridized carbons (Fsp3) is 0. The minimum Gasteiger partial charge on any atom is -0.297 e. The van der Waals surface area contributed by atoms with Crippen molar-refractivity contribution in [1.29, 1.82) is 0 Å². The van der Waals surface area contributed by atoms with E-state index in [0.29, 0.717) is 11.4 Å². The third-order valence-corrected chi connectivity index (χ3v) is 3.71. The van der Waals surface area contributed by atoms with Crippen LogP contribution in [0.3, 0.4) is 0 Å². The monoisotopic (exact) mass is 375 g/mol. The molecule has 8 nitrogen and oxygen atoms in total. The molecule has 3 aromatic rings. The SMILES string of the molecule is O=C(NNc1ccc([N+](=O)[O-])cc1)N(/N=C/c1ccccc1)c1ccccc1. The number of hydrazine groups is 1. The number of nitro benzene ring substituents is 1. The number of benzene rings is 3. The summed E-state index contributed by atoms with van der Waals surface area (Å²) in [7, 11) is 0. The number of carbonyl (C=O) groups excluding carboxylic acids is 1. The van der Waals surface area contributed by atoms with E-state index in [2.05, 4.69) is 16.0 Å². The molecule has 0 saturated carbocycles. The van der Waals surface area contributed by atoms with Crippen LogP contribution in [-0.4, -0.2) is 17.2 Å². The van der Waals surface area contributed by atoms with Gasteiger partial charge in [-0.2, -0.15) is 10.1 Å². The van der Waals surface area contributed by atoms with Crippen LogP contribution in [0.1, 0.15) is 5.56 Å². The number of anilines is 2. The van der Waals surface area contributed by atoms with Gasteiger partial charge in [-0.15, -0.1) is 0 Å². The molecular formula is C20H17N5O3. The van der Waals surface area contributed by atoms with E-state index in [-0.39, 0.29) is 5.69 Å². The largest absolute Gasteiger partial charge is 0.361 e. The normalized spacial score (nSPS) is 10.4. The predicted octanol–water partition coefficient (Wildman–Crippen LogP) is 4.17. The first-order chi connectivity index (χ1) is 13.6. The molecule has 3 rings (SSSR count). The molecule has 0 atom stereocenters. The molecule has 0 spiro atoms. The van der Waals surface area contributed by atoms with Gasteiger partial charge in [0.2, 0.25) is 0 Å². The summed E-state index contributed by atoms with van der Waals surface area (Å²) in [4.78, 5) is 22.9. The Kier molecular flexibility index (Phi) is 5.94. The van der Waals surface area contributed by atoms with E-state index in [1.54, 1.807) is 30.5 Å². The summed E-state index contributed by atoms with van der Waals surface area (Å²) < 4.78 is 0. The summed E-state index contributed by atoms with van der Waals surface area (Å²) >= 11 is 0. The average molecular weight is 375 g/mol. The smallest absolute Gasteiger partial charge is 0.297 e. The minimum absolute atomic E-state index is 0.0322. The summed E-state index contributed by atoms with van der Waals surface area (Å²) in [6.07, 6.45) is 1.58. The molecule has 3 aromatic carbocycles. The Bertz CT molecular complexity index is 960. The van der Waals surface area contributed by atoms with Gasteiger partial charge in [0.1, 0.15) is 0 Å². The zero-order valence-corrected chi connectivity index (χ0v) is 14.7. The van der Waals surface area contributed by atoms with Gasteiger partial charge in [-0.05, 0) is 29.8 Å². The lowest BCUT2D eigenvalue weighted by atomic mass is 10.2. The maximum absolute atomic E-state index is 12.6. The zero-order valence-electron chi connectivity index (χ0n) is 14.7. The molecule has 0 unspecified atom stereocenters. The van der Waals surface area contributed by atoms with Gasteiger partial charge < -0.3 is 0 Å². The van der Waals surface area contributed by atoms with Crippen LogP contribution >= 0.6 is 0 Å². The maximum Gasteiger partial charge on any atom is 0.361 e. The molecule has 0 heterocycles. The number of non-ortho nitro benzene ring substituents is 1. The first-order valence-corrected chi connectivity index (χ1v) is 8.38. The summed E-state index contributed by atoms with van der Waals surface area (Å²) in [6.45, 7) is 0. The number of nitrogens with one attached hydrogen (secondary N) is 2. The number of carbonyl (C=O) groups is 1. The molecule has 0 saturated heterocycles. The topological polar surface area (TPSA) is 99.9 Å². The molecule has 0 bridgehead atoms. The highest BCUT2D eigenvalue weighted by atomic mass is 16.6. The fourth-order valence-corrected chi connectivity index (χ4v) is 2.31. The summed E-state index contributed by atoms with van der Waals surface area (Å²) in [5.41, 5.74) is 7.15. The van der Waals surface area contributed by atoms with Crippen molar-refractivity contribution in [1.82, 2.24) is 5.43 Å². The van der Waals surface area contributed by atoms with Crippen LogP contribution in [0, 0.1) is 10.1 Å². The minimum atomic E-state index is -0.517. The second-order valence-electron chi connectivity index (χ2n) is 5.66. The third kappa shape index (κ3) is 4.92. The molecule has 0 aromatic heterocycles. The lowest BCUT2D eigenvalue weighted by Crippen LogP contribution is -2.40. The van der Waals surface area contributed by atoms with Gasteiger partial charge in [0.25, 0.3) is 5.69 Å². The number of para-hydroxylation sites is 1. The van der Waals surface area contributed by atoms with E-state index in [1.165, 1.54) is 29.3 Å². The second-order valence-corrected chi connectivity index (χ2v) is 5.66. The molecule has 140 valence electrons. The molecule has 0 aliphatic rings. The first kappa shape index (κ1) is 18.6. The number of amides is 2. The number of hydrazone groups is 1. The molecule has 0 fully saturated rings. The standard InChI is InChI=1S/C20H17N5O3/c26-20(23-22-17-11-13-19(14-12-17)25(27)28)24(18-9-5-2-6-10-18)21-15-16-7-3-1-4-8-16/h1-15,22H,(H,23,26)/b21-15+. The van der Waals surface area contributed by atoms with Gasteiger partial charge in [-0.25, -0.2) is 10.2 Å². The fourth-order valence-electron chi connectivity index (χ4n) is 2.31. The van der Waals surface area contributed by atoms with Gasteiger partial charge in [-0.3, -0.25) is 15.5 Å². The first-order valence-electron chi connectivity index (χ1n) is 8.38. The number of nitro groups is 1. The Morgan fingerprint density at radius 3 is 2.14 bits per heavy atom. The Morgan fingerprint density at radius 2 is 1.54 bits per heavy atom. The van der Waals surface area contributed by atoms with Crippen LogP contribution in [0.2, 0.25) is 0 Å². The van der Waals surface area contributed by atoms with Crippen molar-refractivity contribution in [2.24, 2.45) is 5.10 Å². The van der Waals surface area contributed by atoms with E-state index >= 15 is 0 Å². The lowest BCUT2D eigenvalue weighted by molar-refractivity contribution is -0.384. The highest BCUT2D eigenvalue weighted by Gasteiger charge is 2.14. The van der Waals surface area contributed by atoms with Crippen molar-refractivity contribution >= 4 is 29.3 Å². The second kappa shape index (κ2) is 8.95. The Labute approximate surface area is 161 Å². The van der Waals surface area contributed by atoms with E-state index < -0.39 is 11.0 Å². The van der Waals surface area contributed by atoms with Gasteiger partial charge in [-0.1, -0.05) is 48.5 Å². The van der Waals surface area contributed by atoms with E-state index in [4.69, 9.17) is 0 Å². The number of urea groups is 1. The molecule has 28 heavy (non-hydrogen) atoms. The number of nitrogens with zero attached hydrogens (tertiary/aromatic N) is 3. The van der Waals surface area contributed by atoms with Crippen LogP contribution in [0.4, 0.5) is 21.9 Å². The van der Waals surface area contributed by atoms with Gasteiger partial charge in [0, 0.05) is 12.1 Å². The summed E-state index contributed by atoms with van der Waals surface area (Å²) in [5, 5.41) is 16.2. The van der Waals surface area contributed by atoms with Gasteiger partial charge in [0.05, 0.1) is 22.5 Å². The van der Waals surface area contributed by atoms with Crippen LogP contribution < -0.4 is 15.9 Å². The zero-order chi connectivity index (χ0) is 19.8. The maximum atomic E-state index is 12.6. The van der Waals surface area contributed by atoms with Crippen molar-refractivity contribution in [2.75, 3.05) is 10.4 Å². The summed E-state index contributed by atoms with van der Waals surface area (Å²) in [5.74, 6) is 0. The predicted molar refractivity (Wildman–Crippen MR) is 108 cm³/mol. The molecule has 2 amide bonds. The van der Waals surface area contributed by atoms with Crippen molar-refractivity contribution in [3.8, 4) is 0 Å². The van der Waals surface area contributed by atoms with Crippen LogP contribution in [-0.2, 0) is 0 Å². The highest BCUT2D eigenvalue weighted by molar-refractivity contribution is 5.94. The van der Waals surface area contributed by atoms with Crippen LogP contribution in [0.5, 0.6) is 0 Å². The Hall–Kier alpha value is -4.20. The number of rotatable bonds is 6. The van der Waals surface area contributed by atoms with Gasteiger partial charge in [0.15, 0.2) is 0 Å². The number of hydrogen-bond donors (Lipinski definition) is 2.